The summed E-state index contributed by atoms with van der Waals surface area (Å²) in [6.45, 7) is -0.0758. The normalized spacial score (nSPS) is 15.2. The third-order valence-electron chi connectivity index (χ3n) is 3.10. The van der Waals surface area contributed by atoms with E-state index in [0.717, 1.165) is 16.9 Å². The van der Waals surface area contributed by atoms with Crippen molar-refractivity contribution in [3.8, 4) is 5.69 Å². The Morgan fingerprint density at radius 1 is 1.35 bits per heavy atom. The van der Waals surface area contributed by atoms with Crippen molar-refractivity contribution >= 4 is 11.6 Å². The van der Waals surface area contributed by atoms with Crippen molar-refractivity contribution in [2.45, 2.75) is 25.4 Å². The van der Waals surface area contributed by atoms with Crippen LogP contribution in [0.1, 0.15) is 30.0 Å². The van der Waals surface area contributed by atoms with E-state index in [9.17, 15) is 5.11 Å². The first-order chi connectivity index (χ1) is 8.29. The smallest absolute Gasteiger partial charge is 0.0717 e. The van der Waals surface area contributed by atoms with Gasteiger partial charge in [0.05, 0.1) is 18.0 Å². The van der Waals surface area contributed by atoms with E-state index in [2.05, 4.69) is 5.10 Å². The van der Waals surface area contributed by atoms with Gasteiger partial charge in [0.15, 0.2) is 0 Å². The predicted octanol–water partition coefficient (Wildman–Crippen LogP) is 2.90. The average molecular weight is 249 g/mol. The number of rotatable bonds is 3. The van der Waals surface area contributed by atoms with Crippen LogP contribution >= 0.6 is 11.6 Å². The molecule has 88 valence electrons. The monoisotopic (exact) mass is 248 g/mol. The van der Waals surface area contributed by atoms with Gasteiger partial charge >= 0.3 is 0 Å². The van der Waals surface area contributed by atoms with Gasteiger partial charge in [-0.2, -0.15) is 5.10 Å². The van der Waals surface area contributed by atoms with Gasteiger partial charge in [0, 0.05) is 22.7 Å². The molecule has 3 nitrogen and oxygen atoms in total. The van der Waals surface area contributed by atoms with Crippen LogP contribution < -0.4 is 0 Å². The van der Waals surface area contributed by atoms with E-state index in [1.54, 1.807) is 10.7 Å². The predicted molar refractivity (Wildman–Crippen MR) is 66.5 cm³/mol. The molecular weight excluding hydrogens is 236 g/mol. The van der Waals surface area contributed by atoms with Gasteiger partial charge in [-0.3, -0.25) is 0 Å². The topological polar surface area (TPSA) is 38.0 Å². The summed E-state index contributed by atoms with van der Waals surface area (Å²) in [5.74, 6) is 0.632. The van der Waals surface area contributed by atoms with Crippen molar-refractivity contribution in [1.29, 1.82) is 0 Å². The molecule has 1 N–H and O–H groups in total. The van der Waals surface area contributed by atoms with Gasteiger partial charge in [0.2, 0.25) is 0 Å². The zero-order valence-corrected chi connectivity index (χ0v) is 10.1. The second-order valence-corrected chi connectivity index (χ2v) is 4.76. The molecule has 17 heavy (non-hydrogen) atoms. The van der Waals surface area contributed by atoms with E-state index >= 15 is 0 Å². The van der Waals surface area contributed by atoms with Gasteiger partial charge in [-0.05, 0) is 31.0 Å². The highest BCUT2D eigenvalue weighted by atomic mass is 35.5. The first-order valence-corrected chi connectivity index (χ1v) is 6.11. The molecule has 1 aliphatic carbocycles. The molecule has 0 radical (unpaired) electrons. The van der Waals surface area contributed by atoms with Crippen LogP contribution in [0.4, 0.5) is 0 Å². The van der Waals surface area contributed by atoms with Gasteiger partial charge in [-0.1, -0.05) is 17.7 Å². The first kappa shape index (κ1) is 10.8. The molecule has 1 aromatic carbocycles. The average Bonchev–Trinajstić information content (AvgIpc) is 3.07. The second kappa shape index (κ2) is 4.17. The van der Waals surface area contributed by atoms with Gasteiger partial charge in [-0.15, -0.1) is 0 Å². The lowest BCUT2D eigenvalue weighted by molar-refractivity contribution is 0.281. The summed E-state index contributed by atoms with van der Waals surface area (Å²) in [7, 11) is 0. The van der Waals surface area contributed by atoms with Crippen LogP contribution in [0.25, 0.3) is 5.69 Å². The quantitative estimate of drug-likeness (QED) is 0.907. The van der Waals surface area contributed by atoms with Crippen LogP contribution in [0.5, 0.6) is 0 Å². The molecule has 0 bridgehead atoms. The third kappa shape index (κ3) is 1.96. The summed E-state index contributed by atoms with van der Waals surface area (Å²) >= 11 is 6.06. The van der Waals surface area contributed by atoms with Crippen molar-refractivity contribution < 1.29 is 5.11 Å². The van der Waals surface area contributed by atoms with Gasteiger partial charge in [0.25, 0.3) is 0 Å². The van der Waals surface area contributed by atoms with E-state index < -0.39 is 0 Å². The zero-order valence-electron chi connectivity index (χ0n) is 9.31. The zero-order chi connectivity index (χ0) is 11.8. The summed E-state index contributed by atoms with van der Waals surface area (Å²) in [5, 5.41) is 14.5. The van der Waals surface area contributed by atoms with Crippen LogP contribution in [0, 0.1) is 0 Å². The van der Waals surface area contributed by atoms with Crippen LogP contribution in [0.15, 0.2) is 30.5 Å². The van der Waals surface area contributed by atoms with Crippen molar-refractivity contribution in [3.05, 3.63) is 46.7 Å². The summed E-state index contributed by atoms with van der Waals surface area (Å²) in [5.41, 5.74) is 2.71. The fourth-order valence-corrected chi connectivity index (χ4v) is 2.22. The fourth-order valence-electron chi connectivity index (χ4n) is 1.99. The summed E-state index contributed by atoms with van der Waals surface area (Å²) in [6, 6.07) is 7.61. The maximum Gasteiger partial charge on any atom is 0.0717 e. The molecule has 0 spiro atoms. The number of nitrogens with zero attached hydrogens (tertiary/aromatic N) is 2. The fraction of sp³-hybridized carbons (Fsp3) is 0.308. The molecule has 0 atom stereocenters. The maximum absolute atomic E-state index is 9.36. The number of benzene rings is 1. The lowest BCUT2D eigenvalue weighted by Gasteiger charge is -2.08. The Bertz CT molecular complexity index is 546. The van der Waals surface area contributed by atoms with E-state index in [-0.39, 0.29) is 6.61 Å². The number of aromatic nitrogens is 2. The highest BCUT2D eigenvalue weighted by Crippen LogP contribution is 2.39. The van der Waals surface area contributed by atoms with Gasteiger partial charge in [0.1, 0.15) is 0 Å². The standard InChI is InChI=1S/C13H13ClN2O/c14-11-2-1-3-13(10(11)8-17)16-7-6-12(15-16)9-4-5-9/h1-3,6-7,9,17H,4-5,8H2. The Balaban J connectivity index is 2.04. The summed E-state index contributed by atoms with van der Waals surface area (Å²) in [6.07, 6.45) is 4.40. The van der Waals surface area contributed by atoms with Gasteiger partial charge < -0.3 is 5.11 Å². The van der Waals surface area contributed by atoms with E-state index in [1.165, 1.54) is 12.8 Å². The van der Waals surface area contributed by atoms with Crippen molar-refractivity contribution in [2.24, 2.45) is 0 Å². The summed E-state index contributed by atoms with van der Waals surface area (Å²) in [4.78, 5) is 0. The van der Waals surface area contributed by atoms with Crippen LogP contribution in [0.3, 0.4) is 0 Å². The van der Waals surface area contributed by atoms with Crippen LogP contribution in [-0.4, -0.2) is 14.9 Å². The molecule has 0 saturated heterocycles. The number of hydrogen-bond donors (Lipinski definition) is 1. The van der Waals surface area contributed by atoms with E-state index in [1.807, 2.05) is 24.4 Å². The minimum Gasteiger partial charge on any atom is -0.392 e. The number of aliphatic hydroxyl groups excluding tert-OH is 1. The number of aliphatic hydroxyl groups is 1. The first-order valence-electron chi connectivity index (χ1n) is 5.74. The largest absolute Gasteiger partial charge is 0.392 e. The van der Waals surface area contributed by atoms with Crippen LogP contribution in [-0.2, 0) is 6.61 Å². The number of halogens is 1. The Morgan fingerprint density at radius 3 is 2.88 bits per heavy atom. The minimum absolute atomic E-state index is 0.0758. The Labute approximate surface area is 105 Å². The molecule has 0 unspecified atom stereocenters. The summed E-state index contributed by atoms with van der Waals surface area (Å²) < 4.78 is 1.80. The lowest BCUT2D eigenvalue weighted by atomic mass is 10.2. The maximum atomic E-state index is 9.36. The minimum atomic E-state index is -0.0758. The molecule has 4 heteroatoms. The van der Waals surface area contributed by atoms with Crippen molar-refractivity contribution in [1.82, 2.24) is 9.78 Å². The molecule has 1 saturated carbocycles. The van der Waals surface area contributed by atoms with Gasteiger partial charge in [-0.25, -0.2) is 4.68 Å². The van der Waals surface area contributed by atoms with E-state index in [0.29, 0.717) is 10.9 Å². The molecule has 0 amide bonds. The lowest BCUT2D eigenvalue weighted by Crippen LogP contribution is -2.01. The molecule has 1 fully saturated rings. The molecule has 1 aliphatic rings. The SMILES string of the molecule is OCc1c(Cl)cccc1-n1ccc(C2CC2)n1. The molecular formula is C13H13ClN2O. The molecule has 2 aromatic rings. The van der Waals surface area contributed by atoms with E-state index in [4.69, 9.17) is 11.6 Å². The molecule has 0 aliphatic heterocycles. The number of hydrogen-bond acceptors (Lipinski definition) is 2. The second-order valence-electron chi connectivity index (χ2n) is 4.36. The molecule has 1 heterocycles. The third-order valence-corrected chi connectivity index (χ3v) is 3.46. The molecule has 3 rings (SSSR count). The van der Waals surface area contributed by atoms with Crippen LogP contribution in [0.2, 0.25) is 5.02 Å². The van der Waals surface area contributed by atoms with Crippen molar-refractivity contribution in [2.75, 3.05) is 0 Å². The van der Waals surface area contributed by atoms with Crippen molar-refractivity contribution in [3.63, 3.8) is 0 Å². The Kier molecular flexibility index (Phi) is 2.65. The highest BCUT2D eigenvalue weighted by Gasteiger charge is 2.26. The Hall–Kier alpha value is -1.32. The molecule has 1 aromatic heterocycles. The highest BCUT2D eigenvalue weighted by molar-refractivity contribution is 6.31. The Morgan fingerprint density at radius 2 is 2.18 bits per heavy atom.